The van der Waals surface area contributed by atoms with Crippen molar-refractivity contribution in [1.29, 1.82) is 0 Å². The molecule has 0 radical (unpaired) electrons. The first kappa shape index (κ1) is 11.8. The summed E-state index contributed by atoms with van der Waals surface area (Å²) in [7, 11) is 0. The van der Waals surface area contributed by atoms with Crippen molar-refractivity contribution in [3.05, 3.63) is 33.8 Å². The fourth-order valence-electron chi connectivity index (χ4n) is 3.46. The average Bonchev–Trinajstić information content (AvgIpc) is 3.02. The van der Waals surface area contributed by atoms with Gasteiger partial charge in [-0.2, -0.15) is 0 Å². The van der Waals surface area contributed by atoms with Crippen LogP contribution >= 0.6 is 23.2 Å². The highest BCUT2D eigenvalue weighted by Gasteiger charge is 2.54. The highest BCUT2D eigenvalue weighted by Crippen LogP contribution is 2.60. The van der Waals surface area contributed by atoms with Crippen LogP contribution in [0.1, 0.15) is 37.4 Å². The fourth-order valence-corrected chi connectivity index (χ4v) is 3.99. The predicted molar refractivity (Wildman–Crippen MR) is 70.4 cm³/mol. The maximum absolute atomic E-state index is 10.4. The zero-order valence-corrected chi connectivity index (χ0v) is 11.1. The summed E-state index contributed by atoms with van der Waals surface area (Å²) < 4.78 is 0. The molecule has 0 bridgehead atoms. The van der Waals surface area contributed by atoms with E-state index in [2.05, 4.69) is 0 Å². The van der Waals surface area contributed by atoms with Crippen LogP contribution in [0.2, 0.25) is 10.0 Å². The minimum Gasteiger partial charge on any atom is -0.388 e. The van der Waals surface area contributed by atoms with Crippen molar-refractivity contribution in [2.24, 2.45) is 17.8 Å². The molecule has 3 unspecified atom stereocenters. The molecule has 3 atom stereocenters. The Morgan fingerprint density at radius 2 is 1.76 bits per heavy atom. The van der Waals surface area contributed by atoms with E-state index >= 15 is 0 Å². The lowest BCUT2D eigenvalue weighted by molar-refractivity contribution is 0.142. The summed E-state index contributed by atoms with van der Waals surface area (Å²) in [6.07, 6.45) is 4.78. The van der Waals surface area contributed by atoms with Gasteiger partial charge in [-0.3, -0.25) is 0 Å². The van der Waals surface area contributed by atoms with Gasteiger partial charge in [0, 0.05) is 10.0 Å². The van der Waals surface area contributed by atoms with Crippen molar-refractivity contribution in [3.63, 3.8) is 0 Å². The third-order valence-corrected chi connectivity index (χ3v) is 4.93. The Kier molecular flexibility index (Phi) is 3.10. The highest BCUT2D eigenvalue weighted by molar-refractivity contribution is 6.35. The number of halogens is 2. The molecule has 2 aliphatic carbocycles. The van der Waals surface area contributed by atoms with Gasteiger partial charge in [0.25, 0.3) is 0 Å². The van der Waals surface area contributed by atoms with Crippen molar-refractivity contribution in [2.45, 2.75) is 31.8 Å². The van der Waals surface area contributed by atoms with Gasteiger partial charge < -0.3 is 5.11 Å². The van der Waals surface area contributed by atoms with Crippen LogP contribution in [0.4, 0.5) is 0 Å². The summed E-state index contributed by atoms with van der Waals surface area (Å²) in [5.74, 6) is 1.88. The minimum absolute atomic E-state index is 0.409. The molecular formula is C14H16Cl2O. The number of aliphatic hydroxyl groups excluding tert-OH is 1. The summed E-state index contributed by atoms with van der Waals surface area (Å²) in [5, 5.41) is 11.7. The molecule has 1 nitrogen and oxygen atoms in total. The van der Waals surface area contributed by atoms with Gasteiger partial charge in [0.2, 0.25) is 0 Å². The topological polar surface area (TPSA) is 20.2 Å². The molecule has 17 heavy (non-hydrogen) atoms. The molecule has 0 spiro atoms. The predicted octanol–water partition coefficient (Wildman–Crippen LogP) is 4.46. The zero-order valence-electron chi connectivity index (χ0n) is 9.57. The Labute approximate surface area is 112 Å². The Balaban J connectivity index is 1.80. The Morgan fingerprint density at radius 3 is 2.35 bits per heavy atom. The number of hydrogen-bond acceptors (Lipinski definition) is 1. The van der Waals surface area contributed by atoms with Crippen LogP contribution in [-0.2, 0) is 0 Å². The van der Waals surface area contributed by atoms with Crippen molar-refractivity contribution < 1.29 is 5.11 Å². The molecule has 0 aromatic heterocycles. The van der Waals surface area contributed by atoms with Gasteiger partial charge >= 0.3 is 0 Å². The molecule has 0 aliphatic heterocycles. The molecule has 0 saturated heterocycles. The number of aliphatic hydroxyl groups is 1. The van der Waals surface area contributed by atoms with E-state index in [1.54, 1.807) is 12.1 Å². The van der Waals surface area contributed by atoms with Gasteiger partial charge in [0.05, 0.1) is 6.10 Å². The van der Waals surface area contributed by atoms with Crippen LogP contribution in [-0.4, -0.2) is 5.11 Å². The Morgan fingerprint density at radius 1 is 1.12 bits per heavy atom. The van der Waals surface area contributed by atoms with E-state index in [0.717, 1.165) is 17.4 Å². The van der Waals surface area contributed by atoms with E-state index in [9.17, 15) is 5.11 Å². The molecule has 1 aromatic carbocycles. The second-order valence-electron chi connectivity index (χ2n) is 5.30. The number of fused-ring (bicyclic) bond motifs is 1. The van der Waals surface area contributed by atoms with Gasteiger partial charge in [0.1, 0.15) is 0 Å². The van der Waals surface area contributed by atoms with E-state index in [1.807, 2.05) is 6.07 Å². The van der Waals surface area contributed by atoms with E-state index in [4.69, 9.17) is 23.2 Å². The molecule has 2 aliphatic rings. The van der Waals surface area contributed by atoms with Gasteiger partial charge in [-0.25, -0.2) is 0 Å². The van der Waals surface area contributed by atoms with Crippen molar-refractivity contribution >= 4 is 23.2 Å². The summed E-state index contributed by atoms with van der Waals surface area (Å²) in [5.41, 5.74) is 0.843. The lowest BCUT2D eigenvalue weighted by Crippen LogP contribution is -2.03. The molecule has 2 fully saturated rings. The number of hydrogen-bond donors (Lipinski definition) is 1. The molecule has 0 heterocycles. The van der Waals surface area contributed by atoms with Gasteiger partial charge in [0.15, 0.2) is 0 Å². The molecule has 0 amide bonds. The third kappa shape index (κ3) is 2.09. The van der Waals surface area contributed by atoms with E-state index in [0.29, 0.717) is 16.0 Å². The molecule has 1 N–H and O–H groups in total. The molecule has 2 saturated carbocycles. The highest BCUT2D eigenvalue weighted by atomic mass is 35.5. The number of rotatable bonds is 2. The van der Waals surface area contributed by atoms with Gasteiger partial charge in [-0.05, 0) is 48.3 Å². The first-order valence-corrected chi connectivity index (χ1v) is 7.07. The second-order valence-corrected chi connectivity index (χ2v) is 6.14. The van der Waals surface area contributed by atoms with Crippen molar-refractivity contribution in [1.82, 2.24) is 0 Å². The smallest absolute Gasteiger partial charge is 0.0838 e. The molecule has 1 aromatic rings. The maximum atomic E-state index is 10.4. The van der Waals surface area contributed by atoms with Crippen LogP contribution in [0.15, 0.2) is 18.2 Å². The zero-order chi connectivity index (χ0) is 12.0. The molecule has 3 rings (SSSR count). The van der Waals surface area contributed by atoms with E-state index < -0.39 is 6.10 Å². The summed E-state index contributed by atoms with van der Waals surface area (Å²) in [6.45, 7) is 0. The lowest BCUT2D eigenvalue weighted by atomic mass is 10.0. The van der Waals surface area contributed by atoms with Crippen LogP contribution in [0.5, 0.6) is 0 Å². The standard InChI is InChI=1S/C14H16Cl2O/c15-8-5-6-11(12(16)7-8)14(17)13-9-3-1-2-4-10(9)13/h5-7,9-10,13-14,17H,1-4H2. The minimum atomic E-state index is -0.409. The van der Waals surface area contributed by atoms with Crippen molar-refractivity contribution in [2.75, 3.05) is 0 Å². The van der Waals surface area contributed by atoms with Crippen LogP contribution in [0, 0.1) is 17.8 Å². The fraction of sp³-hybridized carbons (Fsp3) is 0.571. The maximum Gasteiger partial charge on any atom is 0.0838 e. The monoisotopic (exact) mass is 270 g/mol. The normalized spacial score (nSPS) is 33.0. The second kappa shape index (κ2) is 4.46. The number of benzene rings is 1. The first-order chi connectivity index (χ1) is 8.18. The van der Waals surface area contributed by atoms with Crippen molar-refractivity contribution in [3.8, 4) is 0 Å². The summed E-state index contributed by atoms with van der Waals surface area (Å²) in [4.78, 5) is 0. The quantitative estimate of drug-likeness (QED) is 0.841. The Bertz CT molecular complexity index is 420. The molecular weight excluding hydrogens is 255 g/mol. The SMILES string of the molecule is OC(c1ccc(Cl)cc1Cl)C1C2CCCCC21. The van der Waals surface area contributed by atoms with Crippen LogP contribution in [0.3, 0.4) is 0 Å². The van der Waals surface area contributed by atoms with E-state index in [1.165, 1.54) is 25.7 Å². The van der Waals surface area contributed by atoms with Crippen LogP contribution < -0.4 is 0 Å². The summed E-state index contributed by atoms with van der Waals surface area (Å²) >= 11 is 12.0. The van der Waals surface area contributed by atoms with Crippen LogP contribution in [0.25, 0.3) is 0 Å². The van der Waals surface area contributed by atoms with Gasteiger partial charge in [-0.1, -0.05) is 42.1 Å². The van der Waals surface area contributed by atoms with Gasteiger partial charge in [-0.15, -0.1) is 0 Å². The van der Waals surface area contributed by atoms with E-state index in [-0.39, 0.29) is 0 Å². The third-order valence-electron chi connectivity index (χ3n) is 4.37. The average molecular weight is 271 g/mol. The largest absolute Gasteiger partial charge is 0.388 e. The first-order valence-electron chi connectivity index (χ1n) is 6.31. The Hall–Kier alpha value is -0.240. The molecule has 3 heteroatoms. The lowest BCUT2D eigenvalue weighted by Gasteiger charge is -2.13. The molecule has 92 valence electrons. The summed E-state index contributed by atoms with van der Waals surface area (Å²) in [6, 6.07) is 5.38.